The Bertz CT molecular complexity index is 337. The highest BCUT2D eigenvalue weighted by Crippen LogP contribution is 2.16. The van der Waals surface area contributed by atoms with Crippen LogP contribution in [0.4, 0.5) is 0 Å². The fourth-order valence-electron chi connectivity index (χ4n) is 2.11. The number of aliphatic hydroxyl groups is 1. The van der Waals surface area contributed by atoms with Crippen LogP contribution in [0.15, 0.2) is 36.4 Å². The Hall–Kier alpha value is -1.08. The average Bonchev–Trinajstić information content (AvgIpc) is 2.39. The lowest BCUT2D eigenvalue weighted by atomic mass is 10.0. The van der Waals surface area contributed by atoms with Crippen LogP contribution < -0.4 is 0 Å². The average molecular weight is 246 g/mol. The van der Waals surface area contributed by atoms with Crippen LogP contribution in [-0.2, 0) is 6.42 Å². The van der Waals surface area contributed by atoms with Gasteiger partial charge in [0.25, 0.3) is 0 Å². The van der Waals surface area contributed by atoms with Crippen molar-refractivity contribution in [3.63, 3.8) is 0 Å². The molecular formula is C17H26O. The van der Waals surface area contributed by atoms with Crippen molar-refractivity contribution < 1.29 is 5.11 Å². The van der Waals surface area contributed by atoms with Crippen molar-refractivity contribution in [2.24, 2.45) is 0 Å². The van der Waals surface area contributed by atoms with E-state index in [4.69, 9.17) is 0 Å². The molecule has 1 aromatic rings. The minimum atomic E-state index is -0.464. The molecule has 0 saturated heterocycles. The Morgan fingerprint density at radius 2 is 1.72 bits per heavy atom. The number of allylic oxidation sites excluding steroid dienone is 1. The number of aliphatic hydroxyl groups excluding tert-OH is 1. The number of benzene rings is 1. The van der Waals surface area contributed by atoms with Crippen LogP contribution in [0.2, 0.25) is 0 Å². The van der Waals surface area contributed by atoms with Crippen molar-refractivity contribution in [1.29, 1.82) is 0 Å². The standard InChI is InChI=1S/C17H26O/c1-3-5-6-7-8-10-15-11-13-16(14-12-15)17(18)9-4-2/h4,9,11-14,17-18H,3,5-8,10H2,1-2H3/b9-4+. The van der Waals surface area contributed by atoms with Crippen LogP contribution in [0.3, 0.4) is 0 Å². The topological polar surface area (TPSA) is 20.2 Å². The predicted octanol–water partition coefficient (Wildman–Crippen LogP) is 4.81. The maximum Gasteiger partial charge on any atom is 0.0971 e. The van der Waals surface area contributed by atoms with Crippen molar-refractivity contribution in [2.45, 2.75) is 58.5 Å². The Morgan fingerprint density at radius 1 is 1.06 bits per heavy atom. The monoisotopic (exact) mass is 246 g/mol. The molecule has 1 nitrogen and oxygen atoms in total. The molecule has 0 fully saturated rings. The van der Waals surface area contributed by atoms with Gasteiger partial charge in [-0.25, -0.2) is 0 Å². The van der Waals surface area contributed by atoms with Crippen LogP contribution in [0.5, 0.6) is 0 Å². The SMILES string of the molecule is C/C=C/C(O)c1ccc(CCCCCCC)cc1. The molecule has 0 aliphatic rings. The molecule has 0 saturated carbocycles. The molecule has 0 aliphatic heterocycles. The van der Waals surface area contributed by atoms with Gasteiger partial charge in [-0.3, -0.25) is 0 Å². The number of hydrogen-bond acceptors (Lipinski definition) is 1. The summed E-state index contributed by atoms with van der Waals surface area (Å²) in [4.78, 5) is 0. The van der Waals surface area contributed by atoms with E-state index >= 15 is 0 Å². The zero-order valence-electron chi connectivity index (χ0n) is 11.7. The first kappa shape index (κ1) is 15.0. The second-order valence-corrected chi connectivity index (χ2v) is 4.88. The maximum absolute atomic E-state index is 9.80. The number of aryl methyl sites for hydroxylation is 1. The van der Waals surface area contributed by atoms with Gasteiger partial charge < -0.3 is 5.11 Å². The molecule has 1 atom stereocenters. The molecule has 0 heterocycles. The van der Waals surface area contributed by atoms with Gasteiger partial charge in [-0.2, -0.15) is 0 Å². The number of unbranched alkanes of at least 4 members (excludes halogenated alkanes) is 4. The highest BCUT2D eigenvalue weighted by atomic mass is 16.3. The van der Waals surface area contributed by atoms with Gasteiger partial charge in [-0.15, -0.1) is 0 Å². The third-order valence-electron chi connectivity index (χ3n) is 3.26. The van der Waals surface area contributed by atoms with E-state index in [-0.39, 0.29) is 0 Å². The molecule has 0 bridgehead atoms. The van der Waals surface area contributed by atoms with Gasteiger partial charge in [0.15, 0.2) is 0 Å². The van der Waals surface area contributed by atoms with E-state index in [1.807, 2.05) is 25.1 Å². The second-order valence-electron chi connectivity index (χ2n) is 4.88. The molecule has 100 valence electrons. The fraction of sp³-hybridized carbons (Fsp3) is 0.529. The largest absolute Gasteiger partial charge is 0.384 e. The van der Waals surface area contributed by atoms with Gasteiger partial charge in [0.2, 0.25) is 0 Å². The molecule has 1 N–H and O–H groups in total. The molecule has 0 spiro atoms. The summed E-state index contributed by atoms with van der Waals surface area (Å²) in [5.41, 5.74) is 2.35. The molecule has 1 rings (SSSR count). The Balaban J connectivity index is 2.36. The van der Waals surface area contributed by atoms with Gasteiger partial charge in [0, 0.05) is 0 Å². The van der Waals surface area contributed by atoms with Crippen molar-refractivity contribution in [3.8, 4) is 0 Å². The molecule has 0 radical (unpaired) electrons. The van der Waals surface area contributed by atoms with Crippen LogP contribution in [0.25, 0.3) is 0 Å². The summed E-state index contributed by atoms with van der Waals surface area (Å²) >= 11 is 0. The summed E-state index contributed by atoms with van der Waals surface area (Å²) in [6, 6.07) is 8.35. The summed E-state index contributed by atoms with van der Waals surface area (Å²) in [7, 11) is 0. The number of rotatable bonds is 8. The van der Waals surface area contributed by atoms with Gasteiger partial charge in [0.1, 0.15) is 0 Å². The third kappa shape index (κ3) is 5.50. The predicted molar refractivity (Wildman–Crippen MR) is 78.7 cm³/mol. The van der Waals surface area contributed by atoms with Gasteiger partial charge in [-0.1, -0.05) is 69.0 Å². The van der Waals surface area contributed by atoms with Gasteiger partial charge in [-0.05, 0) is 30.9 Å². The van der Waals surface area contributed by atoms with Gasteiger partial charge in [0.05, 0.1) is 6.10 Å². The van der Waals surface area contributed by atoms with Crippen LogP contribution in [0, 0.1) is 0 Å². The van der Waals surface area contributed by atoms with E-state index in [0.717, 1.165) is 12.0 Å². The first-order valence-electron chi connectivity index (χ1n) is 7.17. The molecule has 0 aliphatic carbocycles. The van der Waals surface area contributed by atoms with Crippen molar-refractivity contribution in [1.82, 2.24) is 0 Å². The maximum atomic E-state index is 9.80. The zero-order chi connectivity index (χ0) is 13.2. The van der Waals surface area contributed by atoms with Crippen LogP contribution >= 0.6 is 0 Å². The van der Waals surface area contributed by atoms with Gasteiger partial charge >= 0.3 is 0 Å². The lowest BCUT2D eigenvalue weighted by Gasteiger charge is -2.07. The number of hydrogen-bond donors (Lipinski definition) is 1. The van der Waals surface area contributed by atoms with E-state index in [2.05, 4.69) is 19.1 Å². The van der Waals surface area contributed by atoms with E-state index in [9.17, 15) is 5.11 Å². The molecule has 1 heteroatoms. The normalized spacial score (nSPS) is 13.1. The summed E-state index contributed by atoms with van der Waals surface area (Å²) in [6.45, 7) is 4.17. The molecular weight excluding hydrogens is 220 g/mol. The second kappa shape index (κ2) is 8.93. The smallest absolute Gasteiger partial charge is 0.0971 e. The van der Waals surface area contributed by atoms with E-state index in [1.54, 1.807) is 6.08 Å². The molecule has 1 unspecified atom stereocenters. The van der Waals surface area contributed by atoms with E-state index in [0.29, 0.717) is 0 Å². The summed E-state index contributed by atoms with van der Waals surface area (Å²) in [5.74, 6) is 0. The van der Waals surface area contributed by atoms with Crippen LogP contribution in [0.1, 0.15) is 63.2 Å². The summed E-state index contributed by atoms with van der Waals surface area (Å²) in [5, 5.41) is 9.80. The lowest BCUT2D eigenvalue weighted by Crippen LogP contribution is -1.93. The third-order valence-corrected chi connectivity index (χ3v) is 3.26. The lowest BCUT2D eigenvalue weighted by molar-refractivity contribution is 0.228. The minimum absolute atomic E-state index is 0.464. The van der Waals surface area contributed by atoms with Crippen molar-refractivity contribution in [2.75, 3.05) is 0 Å². The molecule has 0 aromatic heterocycles. The zero-order valence-corrected chi connectivity index (χ0v) is 11.7. The summed E-state index contributed by atoms with van der Waals surface area (Å²) in [6.07, 6.45) is 11.0. The van der Waals surface area contributed by atoms with Crippen molar-refractivity contribution >= 4 is 0 Å². The minimum Gasteiger partial charge on any atom is -0.384 e. The van der Waals surface area contributed by atoms with E-state index < -0.39 is 6.10 Å². The molecule has 18 heavy (non-hydrogen) atoms. The first-order valence-corrected chi connectivity index (χ1v) is 7.17. The molecule has 0 amide bonds. The van der Waals surface area contributed by atoms with E-state index in [1.165, 1.54) is 37.7 Å². The highest BCUT2D eigenvalue weighted by molar-refractivity contribution is 5.26. The fourth-order valence-corrected chi connectivity index (χ4v) is 2.11. The van der Waals surface area contributed by atoms with Crippen LogP contribution in [-0.4, -0.2) is 5.11 Å². The quantitative estimate of drug-likeness (QED) is 0.515. The Kier molecular flexibility index (Phi) is 7.43. The molecule has 1 aromatic carbocycles. The van der Waals surface area contributed by atoms with Crippen molar-refractivity contribution in [3.05, 3.63) is 47.5 Å². The Labute approximate surface area is 112 Å². The Morgan fingerprint density at radius 3 is 2.33 bits per heavy atom. The first-order chi connectivity index (χ1) is 8.77. The summed E-state index contributed by atoms with van der Waals surface area (Å²) < 4.78 is 0. The highest BCUT2D eigenvalue weighted by Gasteiger charge is 2.02.